The Hall–Kier alpha value is -1.12. The molecule has 2 aromatic rings. The molecule has 1 N–H and O–H groups in total. The minimum absolute atomic E-state index is 0.381. The maximum Gasteiger partial charge on any atom is 0.0305 e. The van der Waals surface area contributed by atoms with Gasteiger partial charge in [-0.3, -0.25) is 0 Å². The first-order valence-electron chi connectivity index (χ1n) is 6.02. The molecule has 90 valence electrons. The number of hydrogen-bond acceptors (Lipinski definition) is 2. The molecule has 0 spiro atoms. The largest absolute Gasteiger partial charge is 0.304 e. The fraction of sp³-hybridized carbons (Fsp3) is 0.333. The molecule has 0 saturated carbocycles. The molecule has 0 aliphatic carbocycles. The molecule has 1 heterocycles. The van der Waals surface area contributed by atoms with E-state index >= 15 is 0 Å². The Balaban J connectivity index is 2.07. The maximum atomic E-state index is 3.65. The lowest BCUT2D eigenvalue weighted by atomic mass is 10.0. The highest BCUT2D eigenvalue weighted by atomic mass is 32.1. The molecule has 1 aromatic heterocycles. The zero-order valence-corrected chi connectivity index (χ0v) is 11.4. The van der Waals surface area contributed by atoms with Gasteiger partial charge < -0.3 is 5.32 Å². The van der Waals surface area contributed by atoms with E-state index in [1.807, 2.05) is 0 Å². The molecule has 1 nitrogen and oxygen atoms in total. The predicted octanol–water partition coefficient (Wildman–Crippen LogP) is 4.47. The molecule has 2 unspecified atom stereocenters. The molecule has 0 amide bonds. The van der Waals surface area contributed by atoms with Crippen LogP contribution in [0.3, 0.4) is 0 Å². The summed E-state index contributed by atoms with van der Waals surface area (Å²) in [5.74, 6) is 0. The van der Waals surface area contributed by atoms with Crippen LogP contribution in [0.4, 0.5) is 0 Å². The summed E-state index contributed by atoms with van der Waals surface area (Å²) in [6.07, 6.45) is 0. The maximum absolute atomic E-state index is 3.65. The van der Waals surface area contributed by atoms with Crippen molar-refractivity contribution in [2.75, 3.05) is 0 Å². The van der Waals surface area contributed by atoms with Crippen LogP contribution in [0.2, 0.25) is 0 Å². The highest BCUT2D eigenvalue weighted by Crippen LogP contribution is 2.22. The van der Waals surface area contributed by atoms with E-state index in [0.717, 1.165) is 0 Å². The quantitative estimate of drug-likeness (QED) is 0.838. The fourth-order valence-corrected chi connectivity index (χ4v) is 2.91. The van der Waals surface area contributed by atoms with Crippen LogP contribution in [0, 0.1) is 6.92 Å². The van der Waals surface area contributed by atoms with Gasteiger partial charge in [0.2, 0.25) is 0 Å². The lowest BCUT2D eigenvalue weighted by Gasteiger charge is -2.21. The van der Waals surface area contributed by atoms with Crippen LogP contribution in [0.25, 0.3) is 0 Å². The Labute approximate surface area is 108 Å². The second-order valence-corrected chi connectivity index (χ2v) is 5.30. The van der Waals surface area contributed by atoms with Crippen molar-refractivity contribution in [3.05, 3.63) is 57.8 Å². The van der Waals surface area contributed by atoms with Crippen molar-refractivity contribution in [3.63, 3.8) is 0 Å². The molecule has 0 saturated heterocycles. The smallest absolute Gasteiger partial charge is 0.0305 e. The standard InChI is InChI=1S/C15H19NS/c1-11-6-4-5-7-15(11)13(3)16-12(2)14-8-9-17-10-14/h4-10,12-13,16H,1-3H3. The van der Waals surface area contributed by atoms with Gasteiger partial charge in [-0.1, -0.05) is 24.3 Å². The molecular weight excluding hydrogens is 226 g/mol. The Morgan fingerprint density at radius 1 is 1.06 bits per heavy atom. The second-order valence-electron chi connectivity index (χ2n) is 4.52. The van der Waals surface area contributed by atoms with E-state index in [9.17, 15) is 0 Å². The fourth-order valence-electron chi connectivity index (χ4n) is 2.16. The van der Waals surface area contributed by atoms with Crippen LogP contribution in [-0.4, -0.2) is 0 Å². The summed E-state index contributed by atoms with van der Waals surface area (Å²) < 4.78 is 0. The van der Waals surface area contributed by atoms with Crippen molar-refractivity contribution in [1.82, 2.24) is 5.32 Å². The molecule has 2 rings (SSSR count). The third-order valence-corrected chi connectivity index (χ3v) is 3.90. The van der Waals surface area contributed by atoms with Gasteiger partial charge in [0.25, 0.3) is 0 Å². The average Bonchev–Trinajstić information content (AvgIpc) is 2.82. The molecule has 2 heteroatoms. The second kappa shape index (κ2) is 5.48. The third kappa shape index (κ3) is 2.96. The number of nitrogens with one attached hydrogen (secondary N) is 1. The van der Waals surface area contributed by atoms with E-state index in [-0.39, 0.29) is 0 Å². The van der Waals surface area contributed by atoms with Crippen LogP contribution in [0.1, 0.15) is 42.6 Å². The van der Waals surface area contributed by atoms with Gasteiger partial charge in [-0.25, -0.2) is 0 Å². The Morgan fingerprint density at radius 3 is 2.47 bits per heavy atom. The zero-order valence-electron chi connectivity index (χ0n) is 10.6. The Bertz CT molecular complexity index is 462. The van der Waals surface area contributed by atoms with E-state index in [2.05, 4.69) is 67.2 Å². The molecular formula is C15H19NS. The van der Waals surface area contributed by atoms with E-state index in [0.29, 0.717) is 12.1 Å². The molecule has 2 atom stereocenters. The van der Waals surface area contributed by atoms with Crippen molar-refractivity contribution >= 4 is 11.3 Å². The van der Waals surface area contributed by atoms with Gasteiger partial charge in [-0.2, -0.15) is 11.3 Å². The van der Waals surface area contributed by atoms with Gasteiger partial charge in [0.05, 0.1) is 0 Å². The minimum Gasteiger partial charge on any atom is -0.304 e. The summed E-state index contributed by atoms with van der Waals surface area (Å²) in [6.45, 7) is 6.62. The Kier molecular flexibility index (Phi) is 3.97. The summed E-state index contributed by atoms with van der Waals surface area (Å²) in [7, 11) is 0. The van der Waals surface area contributed by atoms with Crippen molar-refractivity contribution in [2.24, 2.45) is 0 Å². The average molecular weight is 245 g/mol. The molecule has 0 aliphatic rings. The molecule has 0 bridgehead atoms. The van der Waals surface area contributed by atoms with Gasteiger partial charge >= 0.3 is 0 Å². The molecule has 0 fully saturated rings. The van der Waals surface area contributed by atoms with Gasteiger partial charge in [-0.05, 0) is 54.3 Å². The van der Waals surface area contributed by atoms with Crippen molar-refractivity contribution in [1.29, 1.82) is 0 Å². The monoisotopic (exact) mass is 245 g/mol. The highest BCUT2D eigenvalue weighted by Gasteiger charge is 2.12. The summed E-state index contributed by atoms with van der Waals surface area (Å²) in [5, 5.41) is 7.99. The minimum atomic E-state index is 0.381. The summed E-state index contributed by atoms with van der Waals surface area (Å²) >= 11 is 1.75. The topological polar surface area (TPSA) is 12.0 Å². The SMILES string of the molecule is Cc1ccccc1C(C)NC(C)c1ccsc1. The lowest BCUT2D eigenvalue weighted by Crippen LogP contribution is -2.22. The van der Waals surface area contributed by atoms with E-state index in [4.69, 9.17) is 0 Å². The first-order valence-corrected chi connectivity index (χ1v) is 6.96. The first-order chi connectivity index (χ1) is 8.18. The molecule has 0 radical (unpaired) electrons. The number of benzene rings is 1. The number of aryl methyl sites for hydroxylation is 1. The van der Waals surface area contributed by atoms with Crippen molar-refractivity contribution in [2.45, 2.75) is 32.9 Å². The lowest BCUT2D eigenvalue weighted by molar-refractivity contribution is 0.494. The van der Waals surface area contributed by atoms with Gasteiger partial charge in [0.15, 0.2) is 0 Å². The normalized spacial score (nSPS) is 14.5. The van der Waals surface area contributed by atoms with Crippen LogP contribution < -0.4 is 5.32 Å². The molecule has 1 aromatic carbocycles. The number of thiophene rings is 1. The van der Waals surface area contributed by atoms with E-state index in [1.165, 1.54) is 16.7 Å². The van der Waals surface area contributed by atoms with Crippen LogP contribution in [0.5, 0.6) is 0 Å². The highest BCUT2D eigenvalue weighted by molar-refractivity contribution is 7.07. The van der Waals surface area contributed by atoms with Crippen molar-refractivity contribution in [3.8, 4) is 0 Å². The summed E-state index contributed by atoms with van der Waals surface area (Å²) in [4.78, 5) is 0. The van der Waals surface area contributed by atoms with Crippen LogP contribution in [-0.2, 0) is 0 Å². The van der Waals surface area contributed by atoms with Crippen molar-refractivity contribution < 1.29 is 0 Å². The molecule has 17 heavy (non-hydrogen) atoms. The summed E-state index contributed by atoms with van der Waals surface area (Å²) in [6, 6.07) is 11.5. The van der Waals surface area contributed by atoms with E-state index in [1.54, 1.807) is 11.3 Å². The summed E-state index contributed by atoms with van der Waals surface area (Å²) in [5.41, 5.74) is 4.11. The van der Waals surface area contributed by atoms with Crippen LogP contribution >= 0.6 is 11.3 Å². The van der Waals surface area contributed by atoms with Crippen LogP contribution in [0.15, 0.2) is 41.1 Å². The van der Waals surface area contributed by atoms with E-state index < -0.39 is 0 Å². The van der Waals surface area contributed by atoms with Gasteiger partial charge in [0, 0.05) is 12.1 Å². The zero-order chi connectivity index (χ0) is 12.3. The van der Waals surface area contributed by atoms with Gasteiger partial charge in [0.1, 0.15) is 0 Å². The van der Waals surface area contributed by atoms with Gasteiger partial charge in [-0.15, -0.1) is 0 Å². The first kappa shape index (κ1) is 12.3. The Morgan fingerprint density at radius 2 is 1.82 bits per heavy atom. The third-order valence-electron chi connectivity index (χ3n) is 3.20. The predicted molar refractivity (Wildman–Crippen MR) is 75.5 cm³/mol. The number of rotatable bonds is 4. The number of hydrogen-bond donors (Lipinski definition) is 1. The molecule has 0 aliphatic heterocycles.